The smallest absolute Gasteiger partial charge is 0.506 e. The normalized spacial score (nSPS) is 10.5. The van der Waals surface area contributed by atoms with Crippen LogP contribution in [0.5, 0.6) is 11.5 Å². The monoisotopic (exact) mass is 326 g/mol. The Labute approximate surface area is 137 Å². The van der Waals surface area contributed by atoms with Gasteiger partial charge in [-0.2, -0.15) is 0 Å². The average Bonchev–Trinajstić information content (AvgIpc) is 2.60. The molecule has 23 heavy (non-hydrogen) atoms. The zero-order valence-corrected chi connectivity index (χ0v) is 13.2. The van der Waals surface area contributed by atoms with Crippen LogP contribution >= 0.6 is 11.8 Å². The molecular formula is C18H14O4S. The minimum Gasteiger partial charge on any atom is -0.506 e. The maximum atomic E-state index is 11.5. The summed E-state index contributed by atoms with van der Waals surface area (Å²) in [5.74, 6) is 0.510. The van der Waals surface area contributed by atoms with E-state index < -0.39 is 6.16 Å². The lowest BCUT2D eigenvalue weighted by Gasteiger charge is -2.12. The Morgan fingerprint density at radius 1 is 1.00 bits per heavy atom. The molecule has 0 radical (unpaired) electrons. The van der Waals surface area contributed by atoms with Gasteiger partial charge in [0.2, 0.25) is 0 Å². The van der Waals surface area contributed by atoms with Gasteiger partial charge in [-0.25, -0.2) is 4.79 Å². The van der Waals surface area contributed by atoms with Gasteiger partial charge in [-0.1, -0.05) is 54.2 Å². The van der Waals surface area contributed by atoms with E-state index in [2.05, 4.69) is 4.74 Å². The number of fused-ring (bicyclic) bond motifs is 1. The van der Waals surface area contributed by atoms with Crippen LogP contribution < -0.4 is 4.74 Å². The van der Waals surface area contributed by atoms with Crippen LogP contribution in [0, 0.1) is 0 Å². The number of ether oxygens (including phenoxy) is 2. The molecule has 3 rings (SSSR count). The summed E-state index contributed by atoms with van der Waals surface area (Å²) in [6.45, 7) is 0. The van der Waals surface area contributed by atoms with Crippen LogP contribution in [0.2, 0.25) is 0 Å². The Kier molecular flexibility index (Phi) is 4.39. The van der Waals surface area contributed by atoms with Crippen LogP contribution in [0.25, 0.3) is 10.8 Å². The fourth-order valence-electron chi connectivity index (χ4n) is 2.21. The molecule has 4 nitrogen and oxygen atoms in total. The molecule has 0 aliphatic rings. The van der Waals surface area contributed by atoms with E-state index >= 15 is 0 Å². The summed E-state index contributed by atoms with van der Waals surface area (Å²) in [6.07, 6.45) is -0.795. The second-order valence-corrected chi connectivity index (χ2v) is 5.85. The van der Waals surface area contributed by atoms with Gasteiger partial charge >= 0.3 is 6.16 Å². The minimum absolute atomic E-state index is 0.159. The number of hydrogen-bond donors (Lipinski definition) is 1. The molecule has 0 amide bonds. The van der Waals surface area contributed by atoms with E-state index in [9.17, 15) is 9.90 Å². The maximum absolute atomic E-state index is 11.5. The number of carbonyl (C=O) groups excluding carboxylic acids is 1. The van der Waals surface area contributed by atoms with Gasteiger partial charge in [0.15, 0.2) is 0 Å². The molecule has 116 valence electrons. The summed E-state index contributed by atoms with van der Waals surface area (Å²) in [4.78, 5) is 13.0. The van der Waals surface area contributed by atoms with Crippen LogP contribution in [0.1, 0.15) is 0 Å². The van der Waals surface area contributed by atoms with E-state index in [-0.39, 0.29) is 5.75 Å². The van der Waals surface area contributed by atoms with Gasteiger partial charge in [0, 0.05) is 15.7 Å². The highest BCUT2D eigenvalue weighted by atomic mass is 32.2. The van der Waals surface area contributed by atoms with Gasteiger partial charge in [0.05, 0.1) is 12.0 Å². The summed E-state index contributed by atoms with van der Waals surface area (Å²) in [6, 6.07) is 18.5. The highest BCUT2D eigenvalue weighted by Crippen LogP contribution is 2.43. The first-order valence-corrected chi connectivity index (χ1v) is 7.74. The molecule has 0 heterocycles. The number of phenolic OH excluding ortho intramolecular Hbond substituents is 1. The molecule has 5 heteroatoms. The number of carbonyl (C=O) groups is 1. The van der Waals surface area contributed by atoms with Crippen LogP contribution in [0.15, 0.2) is 70.5 Å². The molecule has 1 N–H and O–H groups in total. The van der Waals surface area contributed by atoms with Gasteiger partial charge in [0.1, 0.15) is 11.5 Å². The summed E-state index contributed by atoms with van der Waals surface area (Å²) in [5, 5.41) is 11.8. The Bertz CT molecular complexity index is 846. The zero-order chi connectivity index (χ0) is 16.2. The lowest BCUT2D eigenvalue weighted by Crippen LogP contribution is -2.07. The molecule has 0 bridgehead atoms. The number of hydrogen-bond acceptors (Lipinski definition) is 5. The van der Waals surface area contributed by atoms with E-state index in [4.69, 9.17) is 4.74 Å². The first kappa shape index (κ1) is 15.2. The minimum atomic E-state index is -0.795. The van der Waals surface area contributed by atoms with Gasteiger partial charge in [0.25, 0.3) is 0 Å². The summed E-state index contributed by atoms with van der Waals surface area (Å²) in [5.41, 5.74) is 0. The van der Waals surface area contributed by atoms with Crippen LogP contribution in [0.4, 0.5) is 4.79 Å². The van der Waals surface area contributed by atoms with Crippen molar-refractivity contribution in [2.45, 2.75) is 9.79 Å². The van der Waals surface area contributed by atoms with Gasteiger partial charge in [-0.3, -0.25) is 0 Å². The molecule has 0 unspecified atom stereocenters. The summed E-state index contributed by atoms with van der Waals surface area (Å²) >= 11 is 1.40. The number of methoxy groups -OCH3 is 1. The second kappa shape index (κ2) is 6.62. The number of benzene rings is 3. The molecule has 0 spiro atoms. The van der Waals surface area contributed by atoms with Gasteiger partial charge < -0.3 is 14.6 Å². The summed E-state index contributed by atoms with van der Waals surface area (Å²) < 4.78 is 9.79. The molecule has 0 saturated heterocycles. The van der Waals surface area contributed by atoms with Crippen LogP contribution in [-0.4, -0.2) is 18.4 Å². The fraction of sp³-hybridized carbons (Fsp3) is 0.0556. The van der Waals surface area contributed by atoms with Crippen molar-refractivity contribution in [3.8, 4) is 11.5 Å². The lowest BCUT2D eigenvalue weighted by atomic mass is 10.1. The first-order chi connectivity index (χ1) is 11.2. The highest BCUT2D eigenvalue weighted by Gasteiger charge is 2.15. The van der Waals surface area contributed by atoms with Crippen molar-refractivity contribution < 1.29 is 19.4 Å². The van der Waals surface area contributed by atoms with E-state index in [1.807, 2.05) is 42.5 Å². The van der Waals surface area contributed by atoms with E-state index in [0.29, 0.717) is 21.4 Å². The molecule has 0 atom stereocenters. The molecule has 0 fully saturated rings. The maximum Gasteiger partial charge on any atom is 0.513 e. The van der Waals surface area contributed by atoms with Crippen molar-refractivity contribution >= 4 is 28.7 Å². The van der Waals surface area contributed by atoms with Crippen molar-refractivity contribution in [3.63, 3.8) is 0 Å². The molecule has 3 aromatic carbocycles. The quantitative estimate of drug-likeness (QED) is 0.551. The third kappa shape index (κ3) is 3.24. The van der Waals surface area contributed by atoms with Crippen LogP contribution in [-0.2, 0) is 4.74 Å². The predicted molar refractivity (Wildman–Crippen MR) is 89.2 cm³/mol. The third-order valence-corrected chi connectivity index (χ3v) is 4.31. The largest absolute Gasteiger partial charge is 0.513 e. The molecule has 3 aromatic rings. The van der Waals surface area contributed by atoms with Gasteiger partial charge in [-0.15, -0.1) is 0 Å². The van der Waals surface area contributed by atoms with E-state index in [0.717, 1.165) is 4.90 Å². The second-order valence-electron chi connectivity index (χ2n) is 4.74. The highest BCUT2D eigenvalue weighted by molar-refractivity contribution is 7.99. The van der Waals surface area contributed by atoms with Crippen molar-refractivity contribution in [2.24, 2.45) is 0 Å². The Morgan fingerprint density at radius 3 is 2.35 bits per heavy atom. The molecule has 0 saturated carbocycles. The Balaban J connectivity index is 2.10. The molecule has 0 aromatic heterocycles. The Hall–Kier alpha value is -2.66. The zero-order valence-electron chi connectivity index (χ0n) is 12.4. The number of rotatable bonds is 3. The van der Waals surface area contributed by atoms with E-state index in [1.165, 1.54) is 18.9 Å². The summed E-state index contributed by atoms with van der Waals surface area (Å²) in [7, 11) is 1.25. The predicted octanol–water partition coefficient (Wildman–Crippen LogP) is 4.84. The molecule has 0 aliphatic carbocycles. The average molecular weight is 326 g/mol. The van der Waals surface area contributed by atoms with Crippen molar-refractivity contribution in [1.82, 2.24) is 0 Å². The van der Waals surface area contributed by atoms with Crippen molar-refractivity contribution in [2.75, 3.05) is 7.11 Å². The Morgan fingerprint density at radius 2 is 1.65 bits per heavy atom. The topological polar surface area (TPSA) is 55.8 Å². The third-order valence-electron chi connectivity index (χ3n) is 3.27. The van der Waals surface area contributed by atoms with E-state index in [1.54, 1.807) is 18.2 Å². The lowest BCUT2D eigenvalue weighted by molar-refractivity contribution is 0.122. The number of phenols is 1. The SMILES string of the molecule is COC(=O)Oc1cc(Sc2ccccc2)c(O)c2ccccc12. The van der Waals surface area contributed by atoms with Crippen molar-refractivity contribution in [1.29, 1.82) is 0 Å². The first-order valence-electron chi connectivity index (χ1n) is 6.92. The van der Waals surface area contributed by atoms with Crippen molar-refractivity contribution in [3.05, 3.63) is 60.7 Å². The molecular weight excluding hydrogens is 312 g/mol. The number of aromatic hydroxyl groups is 1. The van der Waals surface area contributed by atoms with Crippen LogP contribution in [0.3, 0.4) is 0 Å². The van der Waals surface area contributed by atoms with Gasteiger partial charge in [-0.05, 0) is 18.2 Å². The molecule has 0 aliphatic heterocycles. The fourth-order valence-corrected chi connectivity index (χ4v) is 3.13. The standard InChI is InChI=1S/C18H14O4S/c1-21-18(20)22-15-11-16(23-12-7-3-2-4-8-12)17(19)14-10-6-5-9-13(14)15/h2-11,19H,1H3.